The number of carbonyl (C=O) groups is 2. The molecule has 2 amide bonds. The summed E-state index contributed by atoms with van der Waals surface area (Å²) in [6.45, 7) is 8.12. The number of carbonyl (C=O) groups excluding carboxylic acids is 2. The van der Waals surface area contributed by atoms with Gasteiger partial charge in [-0.2, -0.15) is 0 Å². The van der Waals surface area contributed by atoms with Crippen LogP contribution in [0.4, 0.5) is 5.95 Å². The summed E-state index contributed by atoms with van der Waals surface area (Å²) in [6, 6.07) is 7.68. The number of benzene rings is 1. The lowest BCUT2D eigenvalue weighted by atomic mass is 9.97. The highest BCUT2D eigenvalue weighted by molar-refractivity contribution is 7.09. The van der Waals surface area contributed by atoms with E-state index in [0.29, 0.717) is 50.9 Å². The molecule has 2 aromatic heterocycles. The van der Waals surface area contributed by atoms with Gasteiger partial charge in [-0.25, -0.2) is 15.0 Å². The van der Waals surface area contributed by atoms with E-state index in [9.17, 15) is 9.59 Å². The van der Waals surface area contributed by atoms with Crippen molar-refractivity contribution in [3.63, 3.8) is 0 Å². The molecule has 0 spiro atoms. The van der Waals surface area contributed by atoms with Gasteiger partial charge in [-0.3, -0.25) is 9.59 Å². The molecule has 0 saturated carbocycles. The Balaban J connectivity index is 1.09. The maximum absolute atomic E-state index is 13.1. The second kappa shape index (κ2) is 11.2. The number of hydrogen-bond acceptors (Lipinski definition) is 8. The summed E-state index contributed by atoms with van der Waals surface area (Å²) in [5, 5.41) is 2.86. The quantitative estimate of drug-likeness (QED) is 0.493. The van der Waals surface area contributed by atoms with E-state index >= 15 is 0 Å². The predicted molar refractivity (Wildman–Crippen MR) is 142 cm³/mol. The van der Waals surface area contributed by atoms with Crippen molar-refractivity contribution in [2.75, 3.05) is 50.8 Å². The lowest BCUT2D eigenvalue weighted by Crippen LogP contribution is -2.49. The molecule has 0 bridgehead atoms. The van der Waals surface area contributed by atoms with Gasteiger partial charge in [-0.15, -0.1) is 11.3 Å². The Bertz CT molecular complexity index is 1230. The van der Waals surface area contributed by atoms with Crippen molar-refractivity contribution in [3.8, 4) is 5.75 Å². The molecule has 1 aromatic carbocycles. The number of rotatable bonds is 6. The molecule has 10 heteroatoms. The van der Waals surface area contributed by atoms with Crippen molar-refractivity contribution in [2.24, 2.45) is 0 Å². The van der Waals surface area contributed by atoms with Crippen molar-refractivity contribution in [1.82, 2.24) is 24.8 Å². The van der Waals surface area contributed by atoms with Gasteiger partial charge in [0.1, 0.15) is 11.4 Å². The van der Waals surface area contributed by atoms with Crippen LogP contribution >= 0.6 is 11.3 Å². The Labute approximate surface area is 221 Å². The zero-order chi connectivity index (χ0) is 25.8. The van der Waals surface area contributed by atoms with E-state index in [0.717, 1.165) is 29.2 Å². The van der Waals surface area contributed by atoms with Gasteiger partial charge in [0.25, 0.3) is 11.8 Å². The first kappa shape index (κ1) is 25.1. The van der Waals surface area contributed by atoms with Crippen LogP contribution in [0.2, 0.25) is 0 Å². The van der Waals surface area contributed by atoms with Crippen molar-refractivity contribution in [1.29, 1.82) is 0 Å². The first-order valence-electron chi connectivity index (χ1n) is 12.7. The number of nitrogens with zero attached hydrogens (tertiary/aromatic N) is 6. The first-order chi connectivity index (χ1) is 18.0. The number of thiazole rings is 1. The van der Waals surface area contributed by atoms with Gasteiger partial charge in [0, 0.05) is 63.0 Å². The van der Waals surface area contributed by atoms with Crippen molar-refractivity contribution in [3.05, 3.63) is 63.9 Å². The van der Waals surface area contributed by atoms with Gasteiger partial charge < -0.3 is 19.4 Å². The Morgan fingerprint density at radius 1 is 0.973 bits per heavy atom. The minimum atomic E-state index is -0.0211. The van der Waals surface area contributed by atoms with Gasteiger partial charge >= 0.3 is 0 Å². The number of aryl methyl sites for hydroxylation is 2. The fourth-order valence-corrected chi connectivity index (χ4v) is 5.68. The van der Waals surface area contributed by atoms with Gasteiger partial charge in [0.15, 0.2) is 6.61 Å². The van der Waals surface area contributed by atoms with Crippen molar-refractivity contribution in [2.45, 2.75) is 32.6 Å². The van der Waals surface area contributed by atoms with Crippen LogP contribution in [0.25, 0.3) is 0 Å². The van der Waals surface area contributed by atoms with E-state index in [1.54, 1.807) is 29.8 Å². The smallest absolute Gasteiger partial charge is 0.273 e. The van der Waals surface area contributed by atoms with Crippen LogP contribution in [-0.2, 0) is 4.79 Å². The Morgan fingerprint density at radius 2 is 1.70 bits per heavy atom. The topological polar surface area (TPSA) is 91.8 Å². The number of aromatic nitrogens is 3. The van der Waals surface area contributed by atoms with Gasteiger partial charge in [-0.05, 0) is 56.0 Å². The maximum Gasteiger partial charge on any atom is 0.273 e. The molecule has 0 atom stereocenters. The SMILES string of the molecule is Cc1ccc(OCC(=O)N2CCC(c3nc(C(=O)N4CCN(c5ncccn5)CC4)cs3)CC2)cc1C. The molecule has 3 aromatic rings. The molecular formula is C27H32N6O3S. The molecule has 4 heterocycles. The molecule has 0 radical (unpaired) electrons. The summed E-state index contributed by atoms with van der Waals surface area (Å²) in [4.78, 5) is 44.9. The summed E-state index contributed by atoms with van der Waals surface area (Å²) in [5.74, 6) is 1.68. The molecule has 2 fully saturated rings. The summed E-state index contributed by atoms with van der Waals surface area (Å²) >= 11 is 1.55. The Hall–Kier alpha value is -3.53. The van der Waals surface area contributed by atoms with Gasteiger partial charge in [0.05, 0.1) is 5.01 Å². The van der Waals surface area contributed by atoms with E-state index in [4.69, 9.17) is 9.72 Å². The van der Waals surface area contributed by atoms with Crippen LogP contribution in [0, 0.1) is 13.8 Å². The largest absolute Gasteiger partial charge is 0.484 e. The van der Waals surface area contributed by atoms with E-state index in [-0.39, 0.29) is 24.3 Å². The van der Waals surface area contributed by atoms with Crippen LogP contribution in [0.15, 0.2) is 42.0 Å². The van der Waals surface area contributed by atoms with E-state index < -0.39 is 0 Å². The number of amides is 2. The standard InChI is InChI=1S/C27H32N6O3S/c1-19-4-5-22(16-20(19)2)36-17-24(34)31-10-6-21(7-11-31)25-30-23(18-37-25)26(35)32-12-14-33(15-13-32)27-28-8-3-9-29-27/h3-5,8-9,16,18,21H,6-7,10-15,17H2,1-2H3. The zero-order valence-electron chi connectivity index (χ0n) is 21.3. The van der Waals surface area contributed by atoms with Crippen LogP contribution < -0.4 is 9.64 Å². The second-order valence-electron chi connectivity index (χ2n) is 9.59. The fraction of sp³-hybridized carbons (Fsp3) is 0.444. The zero-order valence-corrected chi connectivity index (χ0v) is 22.1. The lowest BCUT2D eigenvalue weighted by molar-refractivity contribution is -0.134. The average Bonchev–Trinajstić information content (AvgIpc) is 3.44. The summed E-state index contributed by atoms with van der Waals surface area (Å²) in [6.07, 6.45) is 5.15. The summed E-state index contributed by atoms with van der Waals surface area (Å²) < 4.78 is 5.73. The van der Waals surface area contributed by atoms with Crippen LogP contribution in [0.5, 0.6) is 5.75 Å². The lowest BCUT2D eigenvalue weighted by Gasteiger charge is -2.34. The summed E-state index contributed by atoms with van der Waals surface area (Å²) in [5.41, 5.74) is 2.87. The number of anilines is 1. The molecule has 9 nitrogen and oxygen atoms in total. The molecule has 0 unspecified atom stereocenters. The average molecular weight is 521 g/mol. The second-order valence-corrected chi connectivity index (χ2v) is 10.5. The maximum atomic E-state index is 13.1. The molecule has 37 heavy (non-hydrogen) atoms. The number of hydrogen-bond donors (Lipinski definition) is 0. The molecule has 2 aliphatic rings. The van der Waals surface area contributed by atoms with Gasteiger partial charge in [-0.1, -0.05) is 6.07 Å². The third kappa shape index (κ3) is 5.90. The molecule has 2 saturated heterocycles. The fourth-order valence-electron chi connectivity index (χ4n) is 4.72. The van der Waals surface area contributed by atoms with E-state index in [1.165, 1.54) is 5.56 Å². The molecule has 0 aliphatic carbocycles. The molecular weight excluding hydrogens is 488 g/mol. The minimum Gasteiger partial charge on any atom is -0.484 e. The Kier molecular flexibility index (Phi) is 7.64. The molecule has 194 valence electrons. The molecule has 2 aliphatic heterocycles. The highest BCUT2D eigenvalue weighted by Gasteiger charge is 2.29. The highest BCUT2D eigenvalue weighted by atomic mass is 32.1. The summed E-state index contributed by atoms with van der Waals surface area (Å²) in [7, 11) is 0. The molecule has 5 rings (SSSR count). The van der Waals surface area contributed by atoms with Crippen molar-refractivity contribution < 1.29 is 14.3 Å². The Morgan fingerprint density at radius 3 is 2.41 bits per heavy atom. The third-order valence-corrected chi connectivity index (χ3v) is 8.19. The number of likely N-dealkylation sites (tertiary alicyclic amines) is 1. The van der Waals surface area contributed by atoms with Crippen LogP contribution in [-0.4, -0.2) is 82.4 Å². The predicted octanol–water partition coefficient (Wildman–Crippen LogP) is 3.30. The minimum absolute atomic E-state index is 0.00623. The van der Waals surface area contributed by atoms with Crippen LogP contribution in [0.1, 0.15) is 45.4 Å². The number of ether oxygens (including phenoxy) is 1. The monoisotopic (exact) mass is 520 g/mol. The van der Waals surface area contributed by atoms with Crippen molar-refractivity contribution >= 4 is 29.1 Å². The first-order valence-corrected chi connectivity index (χ1v) is 13.6. The van der Waals surface area contributed by atoms with Gasteiger partial charge in [0.2, 0.25) is 5.95 Å². The highest BCUT2D eigenvalue weighted by Crippen LogP contribution is 2.31. The third-order valence-electron chi connectivity index (χ3n) is 7.18. The van der Waals surface area contributed by atoms with E-state index in [1.807, 2.05) is 40.3 Å². The van der Waals surface area contributed by atoms with E-state index in [2.05, 4.69) is 21.8 Å². The number of piperidine rings is 1. The number of piperazine rings is 1. The van der Waals surface area contributed by atoms with Crippen LogP contribution in [0.3, 0.4) is 0 Å². The molecule has 0 N–H and O–H groups in total. The normalized spacial score (nSPS) is 16.6.